The molecule has 0 fully saturated rings. The number of aliphatic imine (C=N–C) groups is 1. The molecule has 0 aliphatic heterocycles. The Morgan fingerprint density at radius 2 is 1.93 bits per heavy atom. The maximum Gasteiger partial charge on any atom is 0.191 e. The number of unbranched alkanes of at least 4 members (excludes halogenated alkanes) is 1. The Kier molecular flexibility index (Phi) is 14.3. The SMILES string of the molecule is CCNC(=NCCCn1cccn1)NCCCCOCCc1ccccc1.I. The van der Waals surface area contributed by atoms with Crippen LogP contribution in [-0.2, 0) is 17.7 Å². The highest BCUT2D eigenvalue weighted by molar-refractivity contribution is 14.0. The average Bonchev–Trinajstić information content (AvgIpc) is 3.21. The molecule has 0 aliphatic carbocycles. The highest BCUT2D eigenvalue weighted by Gasteiger charge is 1.98. The van der Waals surface area contributed by atoms with E-state index in [1.807, 2.05) is 23.0 Å². The highest BCUT2D eigenvalue weighted by Crippen LogP contribution is 2.00. The van der Waals surface area contributed by atoms with Gasteiger partial charge in [-0.2, -0.15) is 5.10 Å². The second-order valence-corrected chi connectivity index (χ2v) is 6.37. The molecule has 1 aromatic heterocycles. The monoisotopic (exact) mass is 499 g/mol. The fourth-order valence-corrected chi connectivity index (χ4v) is 2.67. The number of nitrogens with zero attached hydrogens (tertiary/aromatic N) is 3. The van der Waals surface area contributed by atoms with E-state index in [0.29, 0.717) is 0 Å². The molecule has 2 N–H and O–H groups in total. The van der Waals surface area contributed by atoms with Crippen LogP contribution in [0.15, 0.2) is 53.8 Å². The Labute approximate surface area is 186 Å². The number of ether oxygens (including phenoxy) is 1. The van der Waals surface area contributed by atoms with Crippen LogP contribution in [0.25, 0.3) is 0 Å². The van der Waals surface area contributed by atoms with E-state index in [2.05, 4.69) is 51.9 Å². The Morgan fingerprint density at radius 3 is 2.68 bits per heavy atom. The first-order valence-electron chi connectivity index (χ1n) is 9.99. The number of benzene rings is 1. The minimum Gasteiger partial charge on any atom is -0.381 e. The zero-order valence-electron chi connectivity index (χ0n) is 16.8. The van der Waals surface area contributed by atoms with Gasteiger partial charge in [0.25, 0.3) is 0 Å². The molecule has 0 spiro atoms. The Hall–Kier alpha value is -1.61. The third-order valence-electron chi connectivity index (χ3n) is 4.10. The third-order valence-corrected chi connectivity index (χ3v) is 4.10. The molecule has 0 atom stereocenters. The van der Waals surface area contributed by atoms with Gasteiger partial charge in [0.05, 0.1) is 6.61 Å². The Bertz CT molecular complexity index is 619. The lowest BCUT2D eigenvalue weighted by Crippen LogP contribution is -2.38. The molecule has 0 bridgehead atoms. The van der Waals surface area contributed by atoms with E-state index in [0.717, 1.165) is 71.0 Å². The van der Waals surface area contributed by atoms with Crippen molar-refractivity contribution in [2.45, 2.75) is 39.2 Å². The molecule has 7 heteroatoms. The summed E-state index contributed by atoms with van der Waals surface area (Å²) in [5.74, 6) is 0.892. The number of hydrogen-bond acceptors (Lipinski definition) is 3. The number of rotatable bonds is 13. The summed E-state index contributed by atoms with van der Waals surface area (Å²) in [6.07, 6.45) is 7.88. The molecular formula is C21H34IN5O. The Morgan fingerprint density at radius 1 is 1.07 bits per heavy atom. The Balaban J connectivity index is 0.00000392. The molecule has 0 amide bonds. The van der Waals surface area contributed by atoms with Crippen LogP contribution in [-0.4, -0.2) is 48.6 Å². The molecule has 6 nitrogen and oxygen atoms in total. The van der Waals surface area contributed by atoms with E-state index in [-0.39, 0.29) is 24.0 Å². The molecule has 0 saturated heterocycles. The number of halogens is 1. The molecule has 0 saturated carbocycles. The first-order chi connectivity index (χ1) is 13.4. The van der Waals surface area contributed by atoms with Gasteiger partial charge in [-0.25, -0.2) is 0 Å². The lowest BCUT2D eigenvalue weighted by molar-refractivity contribution is 0.133. The molecule has 2 rings (SSSR count). The summed E-state index contributed by atoms with van der Waals surface area (Å²) in [7, 11) is 0. The fourth-order valence-electron chi connectivity index (χ4n) is 2.67. The van der Waals surface area contributed by atoms with Crippen molar-refractivity contribution in [1.29, 1.82) is 0 Å². The molecule has 156 valence electrons. The van der Waals surface area contributed by atoms with Crippen molar-refractivity contribution in [1.82, 2.24) is 20.4 Å². The normalized spacial score (nSPS) is 11.1. The minimum absolute atomic E-state index is 0. The third kappa shape index (κ3) is 11.3. The number of aromatic nitrogens is 2. The van der Waals surface area contributed by atoms with Crippen molar-refractivity contribution >= 4 is 29.9 Å². The predicted molar refractivity (Wildman–Crippen MR) is 126 cm³/mol. The lowest BCUT2D eigenvalue weighted by Gasteiger charge is -2.11. The van der Waals surface area contributed by atoms with Crippen molar-refractivity contribution in [2.24, 2.45) is 4.99 Å². The summed E-state index contributed by atoms with van der Waals surface area (Å²) in [6.45, 7) is 7.15. The van der Waals surface area contributed by atoms with Crippen molar-refractivity contribution in [3.63, 3.8) is 0 Å². The largest absolute Gasteiger partial charge is 0.381 e. The van der Waals surface area contributed by atoms with Gasteiger partial charge in [-0.15, -0.1) is 24.0 Å². The van der Waals surface area contributed by atoms with Gasteiger partial charge in [0.2, 0.25) is 0 Å². The quantitative estimate of drug-likeness (QED) is 0.192. The molecule has 28 heavy (non-hydrogen) atoms. The number of guanidine groups is 1. The molecule has 1 aromatic carbocycles. The van der Waals surface area contributed by atoms with Crippen LogP contribution in [0.1, 0.15) is 31.7 Å². The van der Waals surface area contributed by atoms with Gasteiger partial charge in [0.15, 0.2) is 5.96 Å². The maximum atomic E-state index is 5.73. The molecule has 2 aromatic rings. The van der Waals surface area contributed by atoms with Crippen molar-refractivity contribution < 1.29 is 4.74 Å². The van der Waals surface area contributed by atoms with E-state index >= 15 is 0 Å². The zero-order valence-corrected chi connectivity index (χ0v) is 19.2. The van der Waals surface area contributed by atoms with Crippen molar-refractivity contribution in [3.8, 4) is 0 Å². The minimum atomic E-state index is 0. The standard InChI is InChI=1S/C21H33N5O.HI/c1-2-22-21(24-14-8-16-26-17-9-15-25-26)23-13-6-7-18-27-19-12-20-10-4-3-5-11-20;/h3-5,9-11,15,17H,2,6-8,12-14,16,18-19H2,1H3,(H2,22,23,24);1H. The highest BCUT2D eigenvalue weighted by atomic mass is 127. The summed E-state index contributed by atoms with van der Waals surface area (Å²) in [4.78, 5) is 4.62. The molecule has 1 heterocycles. The topological polar surface area (TPSA) is 63.5 Å². The predicted octanol–water partition coefficient (Wildman–Crippen LogP) is 3.49. The van der Waals surface area contributed by atoms with Gasteiger partial charge >= 0.3 is 0 Å². The van der Waals surface area contributed by atoms with Gasteiger partial charge in [-0.05, 0) is 44.2 Å². The zero-order chi connectivity index (χ0) is 19.0. The van der Waals surface area contributed by atoms with Crippen molar-refractivity contribution in [3.05, 3.63) is 54.4 Å². The molecule has 0 aliphatic rings. The van der Waals surface area contributed by atoms with Crippen LogP contribution in [0.4, 0.5) is 0 Å². The number of hydrogen-bond donors (Lipinski definition) is 2. The van der Waals surface area contributed by atoms with Crippen LogP contribution in [0.3, 0.4) is 0 Å². The van der Waals surface area contributed by atoms with E-state index in [9.17, 15) is 0 Å². The van der Waals surface area contributed by atoms with Gasteiger partial charge in [-0.1, -0.05) is 30.3 Å². The summed E-state index contributed by atoms with van der Waals surface area (Å²) in [5, 5.41) is 10.9. The number of aryl methyl sites for hydroxylation is 1. The average molecular weight is 499 g/mol. The van der Waals surface area contributed by atoms with E-state index in [4.69, 9.17) is 4.74 Å². The first-order valence-corrected chi connectivity index (χ1v) is 9.99. The maximum absolute atomic E-state index is 5.73. The molecule has 0 radical (unpaired) electrons. The van der Waals surface area contributed by atoms with E-state index in [1.165, 1.54) is 5.56 Å². The summed E-state index contributed by atoms with van der Waals surface area (Å²) >= 11 is 0. The molecule has 0 unspecified atom stereocenters. The van der Waals surface area contributed by atoms with Crippen LogP contribution < -0.4 is 10.6 Å². The van der Waals surface area contributed by atoms with Crippen LogP contribution in [0, 0.1) is 0 Å². The number of nitrogens with one attached hydrogen (secondary N) is 2. The van der Waals surface area contributed by atoms with E-state index < -0.39 is 0 Å². The van der Waals surface area contributed by atoms with Crippen molar-refractivity contribution in [2.75, 3.05) is 32.8 Å². The van der Waals surface area contributed by atoms with Crippen LogP contribution in [0.2, 0.25) is 0 Å². The lowest BCUT2D eigenvalue weighted by atomic mass is 10.2. The smallest absolute Gasteiger partial charge is 0.191 e. The first kappa shape index (κ1) is 24.4. The van der Waals surface area contributed by atoms with Gasteiger partial charge in [-0.3, -0.25) is 9.67 Å². The summed E-state index contributed by atoms with van der Waals surface area (Å²) in [5.41, 5.74) is 1.33. The second-order valence-electron chi connectivity index (χ2n) is 6.37. The van der Waals surface area contributed by atoms with Gasteiger partial charge in [0, 0.05) is 45.2 Å². The van der Waals surface area contributed by atoms with E-state index in [1.54, 1.807) is 6.20 Å². The fraction of sp³-hybridized carbons (Fsp3) is 0.524. The summed E-state index contributed by atoms with van der Waals surface area (Å²) < 4.78 is 7.66. The van der Waals surface area contributed by atoms with Gasteiger partial charge in [0.1, 0.15) is 0 Å². The van der Waals surface area contributed by atoms with Crippen LogP contribution in [0.5, 0.6) is 0 Å². The molecular weight excluding hydrogens is 465 g/mol. The van der Waals surface area contributed by atoms with Crippen LogP contribution >= 0.6 is 24.0 Å². The summed E-state index contributed by atoms with van der Waals surface area (Å²) in [6, 6.07) is 12.4. The van der Waals surface area contributed by atoms with Gasteiger partial charge < -0.3 is 15.4 Å². The second kappa shape index (κ2) is 16.4.